The Bertz CT molecular complexity index is 881. The highest BCUT2D eigenvalue weighted by atomic mass is 16.5. The van der Waals surface area contributed by atoms with Crippen molar-refractivity contribution in [2.45, 2.75) is 12.8 Å². The van der Waals surface area contributed by atoms with Crippen molar-refractivity contribution in [3.8, 4) is 11.5 Å². The number of benzene rings is 2. The highest BCUT2D eigenvalue weighted by Crippen LogP contribution is 2.34. The van der Waals surface area contributed by atoms with Gasteiger partial charge in [0.25, 0.3) is 0 Å². The van der Waals surface area contributed by atoms with Crippen molar-refractivity contribution in [1.29, 1.82) is 0 Å². The van der Waals surface area contributed by atoms with Crippen LogP contribution in [0.25, 0.3) is 0 Å². The van der Waals surface area contributed by atoms with Crippen molar-refractivity contribution in [2.24, 2.45) is 0 Å². The van der Waals surface area contributed by atoms with E-state index in [0.717, 1.165) is 18.5 Å². The predicted molar refractivity (Wildman–Crippen MR) is 106 cm³/mol. The van der Waals surface area contributed by atoms with Gasteiger partial charge in [-0.1, -0.05) is 18.2 Å². The van der Waals surface area contributed by atoms with E-state index in [9.17, 15) is 9.59 Å². The molecular formula is C21H24N2O5. The number of hydrogen-bond donors (Lipinski definition) is 1. The summed E-state index contributed by atoms with van der Waals surface area (Å²) in [4.78, 5) is 26.8. The number of carbonyl (C=O) groups excluding carboxylic acids is 2. The number of ether oxygens (including phenoxy) is 3. The Balaban J connectivity index is 1.82. The molecule has 1 amide bonds. The molecule has 148 valence electrons. The molecule has 1 heterocycles. The van der Waals surface area contributed by atoms with E-state index < -0.39 is 5.97 Å². The van der Waals surface area contributed by atoms with E-state index in [-0.39, 0.29) is 18.0 Å². The van der Waals surface area contributed by atoms with Gasteiger partial charge in [0, 0.05) is 24.4 Å². The molecular weight excluding hydrogens is 360 g/mol. The van der Waals surface area contributed by atoms with Crippen LogP contribution in [0.15, 0.2) is 36.4 Å². The first-order chi connectivity index (χ1) is 13.6. The monoisotopic (exact) mass is 384 g/mol. The number of para-hydroxylation sites is 1. The fourth-order valence-corrected chi connectivity index (χ4v) is 3.36. The summed E-state index contributed by atoms with van der Waals surface area (Å²) in [7, 11) is 4.30. The minimum atomic E-state index is -0.528. The van der Waals surface area contributed by atoms with Gasteiger partial charge in [-0.3, -0.25) is 4.79 Å². The Morgan fingerprint density at radius 2 is 1.79 bits per heavy atom. The predicted octanol–water partition coefficient (Wildman–Crippen LogP) is 2.88. The second kappa shape index (κ2) is 8.65. The van der Waals surface area contributed by atoms with Gasteiger partial charge in [0.05, 0.1) is 39.1 Å². The van der Waals surface area contributed by atoms with Crippen LogP contribution in [-0.2, 0) is 16.0 Å². The quantitative estimate of drug-likeness (QED) is 0.772. The van der Waals surface area contributed by atoms with Gasteiger partial charge in [0.2, 0.25) is 5.91 Å². The fourth-order valence-electron chi connectivity index (χ4n) is 3.36. The third kappa shape index (κ3) is 3.88. The SMILES string of the molecule is COC(=O)c1cc(OC)c(OC)cc1NCC(=O)N1CCCc2ccccc21. The van der Waals surface area contributed by atoms with E-state index in [4.69, 9.17) is 14.2 Å². The first-order valence-corrected chi connectivity index (χ1v) is 9.05. The van der Waals surface area contributed by atoms with E-state index in [1.54, 1.807) is 11.0 Å². The van der Waals surface area contributed by atoms with Crippen LogP contribution in [0.4, 0.5) is 11.4 Å². The zero-order valence-electron chi connectivity index (χ0n) is 16.3. The van der Waals surface area contributed by atoms with Crippen molar-refractivity contribution in [3.05, 3.63) is 47.5 Å². The first-order valence-electron chi connectivity index (χ1n) is 9.05. The molecule has 3 rings (SSSR count). The lowest BCUT2D eigenvalue weighted by Crippen LogP contribution is -2.39. The summed E-state index contributed by atoms with van der Waals surface area (Å²) >= 11 is 0. The summed E-state index contributed by atoms with van der Waals surface area (Å²) in [5, 5.41) is 3.05. The maximum atomic E-state index is 12.9. The summed E-state index contributed by atoms with van der Waals surface area (Å²) < 4.78 is 15.4. The highest BCUT2D eigenvalue weighted by Gasteiger charge is 2.23. The average Bonchev–Trinajstić information content (AvgIpc) is 2.75. The van der Waals surface area contributed by atoms with Crippen LogP contribution in [0.2, 0.25) is 0 Å². The molecule has 1 aliphatic heterocycles. The van der Waals surface area contributed by atoms with E-state index in [2.05, 4.69) is 5.32 Å². The summed E-state index contributed by atoms with van der Waals surface area (Å²) in [6.07, 6.45) is 1.89. The Kier molecular flexibility index (Phi) is 6.03. The molecule has 0 spiro atoms. The third-order valence-corrected chi connectivity index (χ3v) is 4.77. The van der Waals surface area contributed by atoms with E-state index >= 15 is 0 Å². The maximum absolute atomic E-state index is 12.9. The second-order valence-electron chi connectivity index (χ2n) is 6.38. The van der Waals surface area contributed by atoms with Crippen LogP contribution in [0.1, 0.15) is 22.3 Å². The molecule has 28 heavy (non-hydrogen) atoms. The molecule has 1 N–H and O–H groups in total. The summed E-state index contributed by atoms with van der Waals surface area (Å²) in [6.45, 7) is 0.709. The number of amides is 1. The number of esters is 1. The number of rotatable bonds is 6. The van der Waals surface area contributed by atoms with Crippen LogP contribution in [0, 0.1) is 0 Å². The molecule has 1 aliphatic rings. The third-order valence-electron chi connectivity index (χ3n) is 4.77. The minimum Gasteiger partial charge on any atom is -0.493 e. The molecule has 0 radical (unpaired) electrons. The van der Waals surface area contributed by atoms with Crippen molar-refractivity contribution >= 4 is 23.3 Å². The normalized spacial score (nSPS) is 12.8. The molecule has 2 aromatic carbocycles. The van der Waals surface area contributed by atoms with Gasteiger partial charge in [-0.2, -0.15) is 0 Å². The van der Waals surface area contributed by atoms with Gasteiger partial charge in [-0.15, -0.1) is 0 Å². The van der Waals surface area contributed by atoms with Crippen molar-refractivity contribution < 1.29 is 23.8 Å². The van der Waals surface area contributed by atoms with Crippen molar-refractivity contribution in [3.63, 3.8) is 0 Å². The van der Waals surface area contributed by atoms with Crippen LogP contribution >= 0.6 is 0 Å². The van der Waals surface area contributed by atoms with E-state index in [1.165, 1.54) is 33.0 Å². The van der Waals surface area contributed by atoms with E-state index in [1.807, 2.05) is 24.3 Å². The Morgan fingerprint density at radius 3 is 2.50 bits per heavy atom. The Morgan fingerprint density at radius 1 is 1.07 bits per heavy atom. The smallest absolute Gasteiger partial charge is 0.340 e. The number of fused-ring (bicyclic) bond motifs is 1. The summed E-state index contributed by atoms with van der Waals surface area (Å²) in [5.74, 6) is 0.259. The zero-order valence-corrected chi connectivity index (χ0v) is 16.3. The van der Waals surface area contributed by atoms with Crippen molar-refractivity contribution in [1.82, 2.24) is 0 Å². The highest BCUT2D eigenvalue weighted by molar-refractivity contribution is 6.00. The first kappa shape index (κ1) is 19.5. The van der Waals surface area contributed by atoms with E-state index in [0.29, 0.717) is 23.7 Å². The molecule has 0 fully saturated rings. The van der Waals surface area contributed by atoms with Crippen LogP contribution in [0.3, 0.4) is 0 Å². The van der Waals surface area contributed by atoms with Crippen LogP contribution < -0.4 is 19.7 Å². The molecule has 0 saturated carbocycles. The number of anilines is 2. The van der Waals surface area contributed by atoms with Crippen LogP contribution in [0.5, 0.6) is 11.5 Å². The molecule has 0 unspecified atom stereocenters. The molecule has 7 heteroatoms. The minimum absolute atomic E-state index is 0.0355. The standard InChI is InChI=1S/C21H24N2O5/c1-26-18-11-15(21(25)28-3)16(12-19(18)27-2)22-13-20(24)23-10-6-8-14-7-4-5-9-17(14)23/h4-5,7,9,11-12,22H,6,8,10,13H2,1-3H3. The number of carbonyl (C=O) groups is 2. The number of nitrogens with zero attached hydrogens (tertiary/aromatic N) is 1. The van der Waals surface area contributed by atoms with Gasteiger partial charge in [-0.05, 0) is 24.5 Å². The van der Waals surface area contributed by atoms with Crippen LogP contribution in [-0.4, -0.2) is 46.3 Å². The molecule has 0 aromatic heterocycles. The number of methoxy groups -OCH3 is 3. The molecule has 2 aromatic rings. The van der Waals surface area contributed by atoms with Gasteiger partial charge >= 0.3 is 5.97 Å². The molecule has 0 aliphatic carbocycles. The largest absolute Gasteiger partial charge is 0.493 e. The number of hydrogen-bond acceptors (Lipinski definition) is 6. The van der Waals surface area contributed by atoms with Gasteiger partial charge in [0.1, 0.15) is 0 Å². The number of nitrogens with one attached hydrogen (secondary N) is 1. The van der Waals surface area contributed by atoms with Gasteiger partial charge in [0.15, 0.2) is 11.5 Å². The fraction of sp³-hybridized carbons (Fsp3) is 0.333. The molecule has 7 nitrogen and oxygen atoms in total. The maximum Gasteiger partial charge on any atom is 0.340 e. The van der Waals surface area contributed by atoms with Gasteiger partial charge < -0.3 is 24.4 Å². The van der Waals surface area contributed by atoms with Gasteiger partial charge in [-0.25, -0.2) is 4.79 Å². The molecule has 0 bridgehead atoms. The average molecular weight is 384 g/mol. The lowest BCUT2D eigenvalue weighted by molar-refractivity contribution is -0.117. The summed E-state index contributed by atoms with van der Waals surface area (Å²) in [5.41, 5.74) is 2.83. The zero-order chi connectivity index (χ0) is 20.1. The number of aryl methyl sites for hydroxylation is 1. The molecule has 0 atom stereocenters. The lowest BCUT2D eigenvalue weighted by Gasteiger charge is -2.29. The topological polar surface area (TPSA) is 77.1 Å². The Hall–Kier alpha value is -3.22. The Labute approximate surface area is 164 Å². The lowest BCUT2D eigenvalue weighted by atomic mass is 10.0. The van der Waals surface area contributed by atoms with Crippen molar-refractivity contribution in [2.75, 3.05) is 44.6 Å². The second-order valence-corrected chi connectivity index (χ2v) is 6.38. The molecule has 0 saturated heterocycles. The summed E-state index contributed by atoms with van der Waals surface area (Å²) in [6, 6.07) is 11.1.